The largest absolute Gasteiger partial charge is 0.461 e. The van der Waals surface area contributed by atoms with Gasteiger partial charge in [0.1, 0.15) is 12.1 Å². The highest BCUT2D eigenvalue weighted by atomic mass is 16.7. The van der Waals surface area contributed by atoms with Crippen LogP contribution in [0.1, 0.15) is 112 Å². The molecule has 6 aliphatic rings. The summed E-state index contributed by atoms with van der Waals surface area (Å²) in [6, 6.07) is -0.493. The van der Waals surface area contributed by atoms with Gasteiger partial charge in [0, 0.05) is 12.3 Å². The van der Waals surface area contributed by atoms with Gasteiger partial charge in [-0.1, -0.05) is 48.0 Å². The topological polar surface area (TPSA) is 70.8 Å². The number of rotatable bonds is 4. The summed E-state index contributed by atoms with van der Waals surface area (Å²) >= 11 is 0. The van der Waals surface area contributed by atoms with Gasteiger partial charge in [-0.15, -0.1) is 0 Å². The predicted molar refractivity (Wildman–Crippen MR) is 149 cm³/mol. The lowest BCUT2D eigenvalue weighted by molar-refractivity contribution is -0.273. The summed E-state index contributed by atoms with van der Waals surface area (Å²) in [7, 11) is 0. The van der Waals surface area contributed by atoms with Crippen LogP contribution in [0.4, 0.5) is 0 Å². The molecule has 2 N–H and O–H groups in total. The average molecular weight is 530 g/mol. The summed E-state index contributed by atoms with van der Waals surface area (Å²) in [6.45, 7) is 15.0. The lowest BCUT2D eigenvalue weighted by Gasteiger charge is -2.61. The van der Waals surface area contributed by atoms with E-state index in [9.17, 15) is 4.79 Å². The lowest BCUT2D eigenvalue weighted by atomic mass is 9.44. The van der Waals surface area contributed by atoms with Crippen molar-refractivity contribution in [1.29, 1.82) is 0 Å². The van der Waals surface area contributed by atoms with E-state index in [-0.39, 0.29) is 23.8 Å². The van der Waals surface area contributed by atoms with Crippen LogP contribution in [0, 0.1) is 58.2 Å². The Bertz CT molecular complexity index is 899. The van der Waals surface area contributed by atoms with Gasteiger partial charge in [0.25, 0.3) is 0 Å². The van der Waals surface area contributed by atoms with Gasteiger partial charge in [-0.05, 0) is 110 Å². The zero-order chi connectivity index (χ0) is 27.0. The fourth-order valence-corrected chi connectivity index (χ4v) is 11.1. The zero-order valence-electron chi connectivity index (χ0n) is 25.0. The fraction of sp³-hybridized carbons (Fsp3) is 0.970. The van der Waals surface area contributed by atoms with E-state index in [1.807, 2.05) is 6.92 Å². The highest BCUT2D eigenvalue weighted by molar-refractivity contribution is 5.76. The van der Waals surface area contributed by atoms with Crippen molar-refractivity contribution in [2.45, 2.75) is 136 Å². The second-order valence-electron chi connectivity index (χ2n) is 15.4. The Morgan fingerprint density at radius 1 is 1.00 bits per heavy atom. The molecule has 2 heterocycles. The van der Waals surface area contributed by atoms with Crippen LogP contribution >= 0.6 is 0 Å². The molecular formula is C33H55NO4. The number of fused-ring (bicyclic) bond motifs is 7. The first-order valence-electron chi connectivity index (χ1n) is 16.3. The second kappa shape index (κ2) is 9.72. The van der Waals surface area contributed by atoms with E-state index in [4.69, 9.17) is 19.9 Å². The Kier molecular flexibility index (Phi) is 7.04. The standard InChI is InChI=1S/C33H55NO4/c1-7-20(3)29(34)30(35)37-23-11-13-31(5)22(16-23)8-9-24-25(31)12-14-32(6)26(24)17-27-28(32)21(4)33(38-27)15-10-19(2)18-36-33/h19-29H,7-18,34H2,1-6H3/t19-,20?,21+,22?,23+,24?,25?,26?,27?,28?,29?,31+,32+,33-/m1/s1. The first kappa shape index (κ1) is 27.5. The van der Waals surface area contributed by atoms with Gasteiger partial charge in [-0.3, -0.25) is 4.79 Å². The Hall–Kier alpha value is -0.650. The van der Waals surface area contributed by atoms with Gasteiger partial charge in [0.15, 0.2) is 5.79 Å². The van der Waals surface area contributed by atoms with Crippen LogP contribution < -0.4 is 5.73 Å². The summed E-state index contributed by atoms with van der Waals surface area (Å²) in [4.78, 5) is 12.7. The number of hydrogen-bond donors (Lipinski definition) is 1. The van der Waals surface area contributed by atoms with Crippen LogP contribution in [-0.2, 0) is 19.0 Å². The van der Waals surface area contributed by atoms with Gasteiger partial charge >= 0.3 is 5.97 Å². The Balaban J connectivity index is 1.13. The molecular weight excluding hydrogens is 474 g/mol. The summed E-state index contributed by atoms with van der Waals surface area (Å²) in [6.07, 6.45) is 13.4. The SMILES string of the molecule is CCC(C)C(N)C(=O)O[C@H]1CC[C@@]2(C)C(CCC3C2CC[C@@]2(C)C3CC3O[C@]4(CC[C@@H](C)CO4)[C@@H](C)C32)C1. The molecule has 0 aromatic carbocycles. The Labute approximate surface area is 231 Å². The third-order valence-electron chi connectivity index (χ3n) is 13.7. The third-order valence-corrected chi connectivity index (χ3v) is 13.7. The molecule has 0 bridgehead atoms. The highest BCUT2D eigenvalue weighted by Crippen LogP contribution is 2.71. The molecule has 6 rings (SSSR count). The first-order chi connectivity index (χ1) is 18.0. The van der Waals surface area contributed by atoms with E-state index in [2.05, 4.69) is 34.6 Å². The fourth-order valence-electron chi connectivity index (χ4n) is 11.1. The Morgan fingerprint density at radius 3 is 2.47 bits per heavy atom. The van der Waals surface area contributed by atoms with Crippen molar-refractivity contribution in [2.75, 3.05) is 6.61 Å². The molecule has 6 fully saturated rings. The zero-order valence-corrected chi connectivity index (χ0v) is 25.0. The van der Waals surface area contributed by atoms with Crippen LogP contribution in [0.2, 0.25) is 0 Å². The van der Waals surface area contributed by atoms with Crippen LogP contribution in [0.25, 0.3) is 0 Å². The minimum Gasteiger partial charge on any atom is -0.461 e. The quantitative estimate of drug-likeness (QED) is 0.410. The number of ether oxygens (including phenoxy) is 3. The lowest BCUT2D eigenvalue weighted by Crippen LogP contribution is -2.55. The van der Waals surface area contributed by atoms with Gasteiger partial charge in [-0.25, -0.2) is 0 Å². The number of hydrogen-bond acceptors (Lipinski definition) is 5. The molecule has 216 valence electrons. The monoisotopic (exact) mass is 529 g/mol. The molecule has 0 radical (unpaired) electrons. The van der Waals surface area contributed by atoms with Crippen LogP contribution in [0.3, 0.4) is 0 Å². The van der Waals surface area contributed by atoms with Gasteiger partial charge in [-0.2, -0.15) is 0 Å². The van der Waals surface area contributed by atoms with Crippen molar-refractivity contribution >= 4 is 5.97 Å². The van der Waals surface area contributed by atoms with Crippen molar-refractivity contribution in [3.8, 4) is 0 Å². The molecule has 1 spiro atoms. The summed E-state index contributed by atoms with van der Waals surface area (Å²) in [5.74, 6) is 4.51. The number of nitrogens with two attached hydrogens (primary N) is 1. The van der Waals surface area contributed by atoms with E-state index < -0.39 is 6.04 Å². The first-order valence-corrected chi connectivity index (χ1v) is 16.3. The molecule has 4 aliphatic carbocycles. The number of carbonyl (C=O) groups is 1. The molecule has 8 unspecified atom stereocenters. The van der Waals surface area contributed by atoms with Crippen molar-refractivity contribution in [2.24, 2.45) is 63.9 Å². The minimum absolute atomic E-state index is 0.0515. The van der Waals surface area contributed by atoms with E-state index in [0.717, 1.165) is 50.0 Å². The Morgan fingerprint density at radius 2 is 1.76 bits per heavy atom. The summed E-state index contributed by atoms with van der Waals surface area (Å²) < 4.78 is 19.5. The van der Waals surface area contributed by atoms with Crippen LogP contribution in [0.5, 0.6) is 0 Å². The molecule has 0 aromatic rings. The third kappa shape index (κ3) is 4.06. The molecule has 2 saturated heterocycles. The molecule has 0 aromatic heterocycles. The smallest absolute Gasteiger partial charge is 0.323 e. The van der Waals surface area contributed by atoms with Crippen molar-refractivity contribution in [3.05, 3.63) is 0 Å². The molecule has 14 atom stereocenters. The maximum atomic E-state index is 12.7. The van der Waals surface area contributed by atoms with E-state index in [1.165, 1.54) is 44.9 Å². The minimum atomic E-state index is -0.493. The predicted octanol–water partition coefficient (Wildman–Crippen LogP) is 6.72. The maximum Gasteiger partial charge on any atom is 0.323 e. The van der Waals surface area contributed by atoms with Crippen LogP contribution in [0.15, 0.2) is 0 Å². The molecule has 5 heteroatoms. The molecule has 2 aliphatic heterocycles. The van der Waals surface area contributed by atoms with E-state index in [1.54, 1.807) is 0 Å². The molecule has 4 saturated carbocycles. The van der Waals surface area contributed by atoms with Crippen LogP contribution in [-0.4, -0.2) is 36.6 Å². The van der Waals surface area contributed by atoms with Gasteiger partial charge < -0.3 is 19.9 Å². The molecule has 38 heavy (non-hydrogen) atoms. The molecule has 0 amide bonds. The number of carbonyl (C=O) groups excluding carboxylic acids is 1. The van der Waals surface area contributed by atoms with Crippen molar-refractivity contribution in [3.63, 3.8) is 0 Å². The normalized spacial score (nSPS) is 53.4. The highest BCUT2D eigenvalue weighted by Gasteiger charge is 2.69. The maximum absolute atomic E-state index is 12.7. The second-order valence-corrected chi connectivity index (χ2v) is 15.4. The number of esters is 1. The van der Waals surface area contributed by atoms with E-state index in [0.29, 0.717) is 40.6 Å². The van der Waals surface area contributed by atoms with E-state index >= 15 is 0 Å². The van der Waals surface area contributed by atoms with Gasteiger partial charge in [0.2, 0.25) is 0 Å². The van der Waals surface area contributed by atoms with Crippen molar-refractivity contribution < 1.29 is 19.0 Å². The van der Waals surface area contributed by atoms with Gasteiger partial charge in [0.05, 0.1) is 12.7 Å². The van der Waals surface area contributed by atoms with Crippen molar-refractivity contribution in [1.82, 2.24) is 0 Å². The average Bonchev–Trinajstić information content (AvgIpc) is 3.35. The summed E-state index contributed by atoms with van der Waals surface area (Å²) in [5, 5.41) is 0. The molecule has 5 nitrogen and oxygen atoms in total. The summed E-state index contributed by atoms with van der Waals surface area (Å²) in [5.41, 5.74) is 6.96.